The molecule has 170 valence electrons. The SMILES string of the molecule is CCO[C@H]1C=C2CC[C@@H]3[C@H]([C@@H](O)C[C@]4(C)[C@@H](c5ccc(=O)oc5)CC[C@]34O)[C@@]2(C)CC1. The number of fused-ring (bicyclic) bond motifs is 5. The van der Waals surface area contributed by atoms with E-state index in [0.717, 1.165) is 50.7 Å². The number of ether oxygens (including phenoxy) is 1. The van der Waals surface area contributed by atoms with Crippen LogP contribution < -0.4 is 5.63 Å². The third-order valence-electron chi connectivity index (χ3n) is 9.70. The number of aliphatic hydroxyl groups excluding tert-OH is 1. The first-order valence-corrected chi connectivity index (χ1v) is 12.0. The van der Waals surface area contributed by atoms with Gasteiger partial charge in [-0.25, -0.2) is 4.79 Å². The van der Waals surface area contributed by atoms with Gasteiger partial charge in [-0.3, -0.25) is 0 Å². The van der Waals surface area contributed by atoms with Crippen LogP contribution in [0.5, 0.6) is 0 Å². The van der Waals surface area contributed by atoms with E-state index >= 15 is 0 Å². The van der Waals surface area contributed by atoms with E-state index in [1.165, 1.54) is 11.6 Å². The highest BCUT2D eigenvalue weighted by atomic mass is 16.5. The predicted octanol–water partition coefficient (Wildman–Crippen LogP) is 4.18. The zero-order valence-corrected chi connectivity index (χ0v) is 19.0. The monoisotopic (exact) mass is 428 g/mol. The van der Waals surface area contributed by atoms with Gasteiger partial charge in [0, 0.05) is 18.1 Å². The first-order valence-electron chi connectivity index (χ1n) is 12.0. The summed E-state index contributed by atoms with van der Waals surface area (Å²) in [4.78, 5) is 11.5. The van der Waals surface area contributed by atoms with Gasteiger partial charge in [0.15, 0.2) is 0 Å². The fraction of sp³-hybridized carbons (Fsp3) is 0.731. The van der Waals surface area contributed by atoms with E-state index in [-0.39, 0.29) is 34.9 Å². The molecule has 3 fully saturated rings. The molecule has 1 heterocycles. The molecule has 8 atom stereocenters. The molecule has 0 radical (unpaired) electrons. The Labute approximate surface area is 184 Å². The number of hydrogen-bond acceptors (Lipinski definition) is 5. The lowest BCUT2D eigenvalue weighted by Gasteiger charge is -2.63. The van der Waals surface area contributed by atoms with Gasteiger partial charge in [-0.2, -0.15) is 0 Å². The average molecular weight is 429 g/mol. The van der Waals surface area contributed by atoms with Crippen LogP contribution in [0.3, 0.4) is 0 Å². The van der Waals surface area contributed by atoms with Crippen LogP contribution in [0, 0.1) is 22.7 Å². The number of hydrogen-bond donors (Lipinski definition) is 2. The summed E-state index contributed by atoms with van der Waals surface area (Å²) >= 11 is 0. The van der Waals surface area contributed by atoms with Crippen molar-refractivity contribution in [1.82, 2.24) is 0 Å². The van der Waals surface area contributed by atoms with Crippen molar-refractivity contribution in [3.05, 3.63) is 46.0 Å². The molecular formula is C26H36O5. The summed E-state index contributed by atoms with van der Waals surface area (Å²) in [5, 5.41) is 23.8. The van der Waals surface area contributed by atoms with E-state index in [0.29, 0.717) is 6.42 Å². The highest BCUT2D eigenvalue weighted by molar-refractivity contribution is 5.32. The second-order valence-corrected chi connectivity index (χ2v) is 10.9. The first kappa shape index (κ1) is 21.4. The molecule has 5 heteroatoms. The van der Waals surface area contributed by atoms with E-state index in [4.69, 9.17) is 9.15 Å². The maximum atomic E-state index is 12.3. The van der Waals surface area contributed by atoms with Crippen molar-refractivity contribution in [2.75, 3.05) is 6.61 Å². The topological polar surface area (TPSA) is 79.9 Å². The molecule has 4 aliphatic carbocycles. The molecule has 0 aromatic carbocycles. The molecule has 0 unspecified atom stereocenters. The lowest BCUT2D eigenvalue weighted by Crippen LogP contribution is -2.64. The molecular weight excluding hydrogens is 392 g/mol. The van der Waals surface area contributed by atoms with Crippen LogP contribution in [0.1, 0.15) is 77.2 Å². The summed E-state index contributed by atoms with van der Waals surface area (Å²) in [6.45, 7) is 7.22. The molecule has 1 aromatic heterocycles. The lowest BCUT2D eigenvalue weighted by molar-refractivity contribution is -0.214. The molecule has 1 aromatic rings. The molecule has 0 aliphatic heterocycles. The minimum Gasteiger partial charge on any atom is -0.431 e. The minimum atomic E-state index is -0.816. The Hall–Kier alpha value is -1.43. The number of allylic oxidation sites excluding steroid dienone is 1. The van der Waals surface area contributed by atoms with Crippen molar-refractivity contribution in [1.29, 1.82) is 0 Å². The van der Waals surface area contributed by atoms with Crippen molar-refractivity contribution < 1.29 is 19.4 Å². The molecule has 0 bridgehead atoms. The smallest absolute Gasteiger partial charge is 0.335 e. The van der Waals surface area contributed by atoms with Crippen LogP contribution in [0.15, 0.2) is 39.3 Å². The van der Waals surface area contributed by atoms with Gasteiger partial charge < -0.3 is 19.4 Å². The molecule has 0 spiro atoms. The Balaban J connectivity index is 1.51. The lowest BCUT2D eigenvalue weighted by atomic mass is 9.44. The van der Waals surface area contributed by atoms with Crippen molar-refractivity contribution in [3.8, 4) is 0 Å². The zero-order chi connectivity index (χ0) is 22.0. The zero-order valence-electron chi connectivity index (χ0n) is 19.0. The van der Waals surface area contributed by atoms with Gasteiger partial charge in [-0.15, -0.1) is 0 Å². The van der Waals surface area contributed by atoms with E-state index in [1.807, 2.05) is 13.0 Å². The highest BCUT2D eigenvalue weighted by Gasteiger charge is 2.69. The summed E-state index contributed by atoms with van der Waals surface area (Å²) in [6, 6.07) is 3.30. The Morgan fingerprint density at radius 1 is 1.19 bits per heavy atom. The van der Waals surface area contributed by atoms with Crippen LogP contribution in [-0.2, 0) is 4.74 Å². The van der Waals surface area contributed by atoms with Gasteiger partial charge in [0.1, 0.15) is 0 Å². The van der Waals surface area contributed by atoms with Gasteiger partial charge in [0.2, 0.25) is 0 Å². The van der Waals surface area contributed by atoms with Crippen molar-refractivity contribution in [2.45, 2.75) is 89.4 Å². The summed E-state index contributed by atoms with van der Waals surface area (Å²) in [6.07, 6.45) is 9.62. The summed E-state index contributed by atoms with van der Waals surface area (Å²) in [7, 11) is 0. The second kappa shape index (κ2) is 7.29. The van der Waals surface area contributed by atoms with Gasteiger partial charge in [-0.1, -0.05) is 25.5 Å². The van der Waals surface area contributed by atoms with Crippen LogP contribution in [0.2, 0.25) is 0 Å². The predicted molar refractivity (Wildman–Crippen MR) is 118 cm³/mol. The highest BCUT2D eigenvalue weighted by Crippen LogP contribution is 2.70. The van der Waals surface area contributed by atoms with E-state index in [9.17, 15) is 15.0 Å². The molecule has 5 nitrogen and oxygen atoms in total. The van der Waals surface area contributed by atoms with Gasteiger partial charge >= 0.3 is 5.63 Å². The van der Waals surface area contributed by atoms with E-state index < -0.39 is 17.1 Å². The first-order chi connectivity index (χ1) is 14.7. The maximum Gasteiger partial charge on any atom is 0.335 e. The molecule has 2 N–H and O–H groups in total. The van der Waals surface area contributed by atoms with Crippen LogP contribution in [0.4, 0.5) is 0 Å². The Morgan fingerprint density at radius 3 is 2.71 bits per heavy atom. The molecule has 31 heavy (non-hydrogen) atoms. The Kier molecular flexibility index (Phi) is 5.04. The second-order valence-electron chi connectivity index (χ2n) is 10.9. The standard InChI is InChI=1S/C26H36O5/c1-4-30-18-9-11-24(2)17(13-18)6-7-20-23(24)21(27)14-25(3)19(10-12-26(20,25)29)16-5-8-22(28)31-15-16/h5,8,13,15,18-21,23,27,29H,4,6-7,9-12,14H2,1-3H3/t18-,19-,20-,21+,23-,24+,25-,26+/m1/s1. The fourth-order valence-corrected chi connectivity index (χ4v) is 8.22. The van der Waals surface area contributed by atoms with Crippen molar-refractivity contribution in [3.63, 3.8) is 0 Å². The van der Waals surface area contributed by atoms with Gasteiger partial charge in [0.05, 0.1) is 24.1 Å². The number of rotatable bonds is 3. The third kappa shape index (κ3) is 2.96. The van der Waals surface area contributed by atoms with Crippen LogP contribution in [0.25, 0.3) is 0 Å². The average Bonchev–Trinajstić information content (AvgIpc) is 3.00. The molecule has 3 saturated carbocycles. The summed E-state index contributed by atoms with van der Waals surface area (Å²) in [5.41, 5.74) is 0.696. The molecule has 4 aliphatic rings. The largest absolute Gasteiger partial charge is 0.431 e. The van der Waals surface area contributed by atoms with Crippen molar-refractivity contribution in [2.24, 2.45) is 22.7 Å². The van der Waals surface area contributed by atoms with Gasteiger partial charge in [0.25, 0.3) is 0 Å². The van der Waals surface area contributed by atoms with Gasteiger partial charge in [-0.05, 0) is 86.7 Å². The molecule has 0 saturated heterocycles. The maximum absolute atomic E-state index is 12.3. The van der Waals surface area contributed by atoms with E-state index in [1.54, 1.807) is 6.26 Å². The molecule has 0 amide bonds. The summed E-state index contributed by atoms with van der Waals surface area (Å²) in [5.74, 6) is 0.226. The minimum absolute atomic E-state index is 0.0700. The van der Waals surface area contributed by atoms with Crippen LogP contribution in [-0.4, -0.2) is 34.6 Å². The number of aliphatic hydroxyl groups is 2. The normalized spacial score (nSPS) is 46.6. The fourth-order valence-electron chi connectivity index (χ4n) is 8.22. The Morgan fingerprint density at radius 2 is 2.00 bits per heavy atom. The third-order valence-corrected chi connectivity index (χ3v) is 9.70. The Bertz CT molecular complexity index is 915. The van der Waals surface area contributed by atoms with Crippen LogP contribution >= 0.6 is 0 Å². The van der Waals surface area contributed by atoms with E-state index in [2.05, 4.69) is 19.9 Å². The summed E-state index contributed by atoms with van der Waals surface area (Å²) < 4.78 is 11.1. The van der Waals surface area contributed by atoms with Crippen molar-refractivity contribution >= 4 is 0 Å². The molecule has 5 rings (SSSR count). The quantitative estimate of drug-likeness (QED) is 0.706.